The Hall–Kier alpha value is -2.04. The van der Waals surface area contributed by atoms with Gasteiger partial charge in [-0.25, -0.2) is 0 Å². The zero-order valence-corrected chi connectivity index (χ0v) is 11.2. The third-order valence-corrected chi connectivity index (χ3v) is 3.11. The smallest absolute Gasteiger partial charge is 0.200 e. The van der Waals surface area contributed by atoms with Crippen LogP contribution in [0.15, 0.2) is 18.2 Å². The maximum atomic E-state index is 11.9. The molecule has 0 unspecified atom stereocenters. The van der Waals surface area contributed by atoms with Crippen molar-refractivity contribution < 1.29 is 14.3 Å². The molecule has 0 radical (unpaired) electrons. The highest BCUT2D eigenvalue weighted by Gasteiger charge is 2.24. The third kappa shape index (κ3) is 2.86. The lowest BCUT2D eigenvalue weighted by Gasteiger charge is -2.30. The van der Waals surface area contributed by atoms with Crippen LogP contribution in [0.25, 0.3) is 0 Å². The van der Waals surface area contributed by atoms with Gasteiger partial charge in [0.15, 0.2) is 5.78 Å². The monoisotopic (exact) mass is 262 g/mol. The lowest BCUT2D eigenvalue weighted by Crippen LogP contribution is -2.36. The second kappa shape index (κ2) is 5.73. The molecular formula is C14H18N2O3. The van der Waals surface area contributed by atoms with Crippen LogP contribution in [0.2, 0.25) is 0 Å². The van der Waals surface area contributed by atoms with Gasteiger partial charge >= 0.3 is 0 Å². The molecule has 0 saturated carbocycles. The van der Waals surface area contributed by atoms with E-state index in [9.17, 15) is 4.79 Å². The van der Waals surface area contributed by atoms with Gasteiger partial charge in [-0.1, -0.05) is 0 Å². The average molecular weight is 262 g/mol. The van der Waals surface area contributed by atoms with Crippen molar-refractivity contribution >= 4 is 17.4 Å². The first kappa shape index (κ1) is 13.4. The molecule has 0 atom stereocenters. The van der Waals surface area contributed by atoms with Crippen LogP contribution in [0.1, 0.15) is 23.7 Å². The lowest BCUT2D eigenvalue weighted by atomic mass is 10.00. The van der Waals surface area contributed by atoms with Crippen molar-refractivity contribution in [2.45, 2.75) is 13.3 Å². The van der Waals surface area contributed by atoms with Crippen molar-refractivity contribution in [3.05, 3.63) is 23.8 Å². The van der Waals surface area contributed by atoms with Gasteiger partial charge in [-0.3, -0.25) is 10.2 Å². The molecule has 19 heavy (non-hydrogen) atoms. The minimum Gasteiger partial charge on any atom is -0.497 e. The molecule has 1 heterocycles. The predicted octanol–water partition coefficient (Wildman–Crippen LogP) is 2.10. The summed E-state index contributed by atoms with van der Waals surface area (Å²) < 4.78 is 10.3. The van der Waals surface area contributed by atoms with E-state index < -0.39 is 0 Å². The van der Waals surface area contributed by atoms with Gasteiger partial charge in [0.05, 0.1) is 20.3 Å². The molecule has 1 aliphatic heterocycles. The van der Waals surface area contributed by atoms with E-state index in [1.54, 1.807) is 13.2 Å². The van der Waals surface area contributed by atoms with Crippen LogP contribution < -0.4 is 9.64 Å². The van der Waals surface area contributed by atoms with E-state index in [2.05, 4.69) is 0 Å². The van der Waals surface area contributed by atoms with Crippen LogP contribution in [0.5, 0.6) is 5.75 Å². The maximum absolute atomic E-state index is 11.9. The van der Waals surface area contributed by atoms with Crippen LogP contribution in [0.3, 0.4) is 0 Å². The van der Waals surface area contributed by atoms with Gasteiger partial charge in [-0.2, -0.15) is 0 Å². The molecule has 5 heteroatoms. The number of Topliss-reactive ketones (excluding diaryl/α,β-unsaturated/α-hetero) is 1. The standard InChI is InChI=1S/C14H18N2O3/c1-3-19-14(15)9-16-7-6-13(17)11-8-10(18-2)4-5-12(11)16/h4-5,8,15H,3,6-7,9H2,1-2H3. The molecule has 1 aromatic rings. The summed E-state index contributed by atoms with van der Waals surface area (Å²) in [5.74, 6) is 1.01. The summed E-state index contributed by atoms with van der Waals surface area (Å²) in [6.45, 7) is 3.35. The highest BCUT2D eigenvalue weighted by Crippen LogP contribution is 2.30. The minimum absolute atomic E-state index is 0.119. The SMILES string of the molecule is CCOC(=N)CN1CCC(=O)c2cc(OC)ccc21. The van der Waals surface area contributed by atoms with Crippen LogP contribution in [-0.2, 0) is 4.74 Å². The van der Waals surface area contributed by atoms with Gasteiger partial charge < -0.3 is 14.4 Å². The largest absolute Gasteiger partial charge is 0.497 e. The number of carbonyl (C=O) groups excluding carboxylic acids is 1. The topological polar surface area (TPSA) is 62.6 Å². The van der Waals surface area contributed by atoms with Crippen LogP contribution in [0, 0.1) is 5.41 Å². The fourth-order valence-corrected chi connectivity index (χ4v) is 2.19. The summed E-state index contributed by atoms with van der Waals surface area (Å²) in [6, 6.07) is 5.45. The van der Waals surface area contributed by atoms with Gasteiger partial charge in [-0.15, -0.1) is 0 Å². The first-order valence-corrected chi connectivity index (χ1v) is 6.32. The molecule has 0 aromatic heterocycles. The number of rotatable bonds is 4. The summed E-state index contributed by atoms with van der Waals surface area (Å²) in [4.78, 5) is 13.9. The number of fused-ring (bicyclic) bond motifs is 1. The number of hydrogen-bond acceptors (Lipinski definition) is 5. The van der Waals surface area contributed by atoms with Crippen molar-refractivity contribution in [3.8, 4) is 5.75 Å². The minimum atomic E-state index is 0.119. The molecule has 1 aromatic carbocycles. The Bertz CT molecular complexity index is 499. The zero-order chi connectivity index (χ0) is 13.8. The van der Waals surface area contributed by atoms with Gasteiger partial charge in [-0.05, 0) is 25.1 Å². The van der Waals surface area contributed by atoms with Crippen molar-refractivity contribution in [1.29, 1.82) is 5.41 Å². The number of carbonyl (C=O) groups is 1. The van der Waals surface area contributed by atoms with Gasteiger partial charge in [0.1, 0.15) is 5.75 Å². The number of ether oxygens (including phenoxy) is 2. The molecule has 0 spiro atoms. The molecule has 1 N–H and O–H groups in total. The number of benzene rings is 1. The summed E-state index contributed by atoms with van der Waals surface area (Å²) in [6.07, 6.45) is 0.458. The highest BCUT2D eigenvalue weighted by molar-refractivity contribution is 6.04. The number of ketones is 1. The summed E-state index contributed by atoms with van der Waals surface area (Å²) in [5.41, 5.74) is 1.51. The first-order valence-electron chi connectivity index (χ1n) is 6.32. The average Bonchev–Trinajstić information content (AvgIpc) is 2.42. The quantitative estimate of drug-likeness (QED) is 0.666. The van der Waals surface area contributed by atoms with E-state index in [0.29, 0.717) is 37.4 Å². The van der Waals surface area contributed by atoms with Crippen LogP contribution in [0.4, 0.5) is 5.69 Å². The number of anilines is 1. The Morgan fingerprint density at radius 3 is 2.95 bits per heavy atom. The molecule has 5 nitrogen and oxygen atoms in total. The molecular weight excluding hydrogens is 244 g/mol. The Morgan fingerprint density at radius 2 is 2.26 bits per heavy atom. The number of methoxy groups -OCH3 is 1. The highest BCUT2D eigenvalue weighted by atomic mass is 16.5. The van der Waals surface area contributed by atoms with Crippen molar-refractivity contribution in [2.75, 3.05) is 31.7 Å². The number of nitrogens with one attached hydrogen (secondary N) is 1. The fraction of sp³-hybridized carbons (Fsp3) is 0.429. The number of hydrogen-bond donors (Lipinski definition) is 1. The van der Waals surface area contributed by atoms with Crippen LogP contribution >= 0.6 is 0 Å². The second-order valence-electron chi connectivity index (χ2n) is 4.33. The third-order valence-electron chi connectivity index (χ3n) is 3.11. The lowest BCUT2D eigenvalue weighted by molar-refractivity contribution is 0.0979. The van der Waals surface area contributed by atoms with E-state index in [1.165, 1.54) is 0 Å². The van der Waals surface area contributed by atoms with E-state index in [1.807, 2.05) is 24.0 Å². The molecule has 0 saturated heterocycles. The molecule has 2 rings (SSSR count). The Kier molecular flexibility index (Phi) is 4.04. The fourth-order valence-electron chi connectivity index (χ4n) is 2.19. The molecule has 0 amide bonds. The van der Waals surface area contributed by atoms with Crippen molar-refractivity contribution in [3.63, 3.8) is 0 Å². The molecule has 0 bridgehead atoms. The molecule has 1 aliphatic rings. The Morgan fingerprint density at radius 1 is 1.47 bits per heavy atom. The maximum Gasteiger partial charge on any atom is 0.200 e. The number of nitrogens with zero attached hydrogens (tertiary/aromatic N) is 1. The zero-order valence-electron chi connectivity index (χ0n) is 11.2. The second-order valence-corrected chi connectivity index (χ2v) is 4.33. The Labute approximate surface area is 112 Å². The van der Waals surface area contributed by atoms with E-state index >= 15 is 0 Å². The Balaban J connectivity index is 2.24. The molecule has 102 valence electrons. The van der Waals surface area contributed by atoms with Gasteiger partial charge in [0.25, 0.3) is 0 Å². The first-order chi connectivity index (χ1) is 9.15. The van der Waals surface area contributed by atoms with Crippen LogP contribution in [-0.4, -0.2) is 38.5 Å². The van der Waals surface area contributed by atoms with Gasteiger partial charge in [0.2, 0.25) is 5.90 Å². The molecule has 0 aliphatic carbocycles. The summed E-state index contributed by atoms with van der Waals surface area (Å²) >= 11 is 0. The summed E-state index contributed by atoms with van der Waals surface area (Å²) in [7, 11) is 1.58. The summed E-state index contributed by atoms with van der Waals surface area (Å²) in [5, 5.41) is 7.72. The molecule has 0 fully saturated rings. The van der Waals surface area contributed by atoms with E-state index in [0.717, 1.165) is 5.69 Å². The van der Waals surface area contributed by atoms with Crippen molar-refractivity contribution in [2.24, 2.45) is 0 Å². The normalized spacial score (nSPS) is 14.0. The van der Waals surface area contributed by atoms with Crippen molar-refractivity contribution in [1.82, 2.24) is 0 Å². The predicted molar refractivity (Wildman–Crippen MR) is 73.5 cm³/mol. The van der Waals surface area contributed by atoms with E-state index in [4.69, 9.17) is 14.9 Å². The van der Waals surface area contributed by atoms with Gasteiger partial charge in [0, 0.05) is 24.2 Å². The van der Waals surface area contributed by atoms with E-state index in [-0.39, 0.29) is 11.7 Å².